The molecule has 4 rings (SSSR count). The summed E-state index contributed by atoms with van der Waals surface area (Å²) in [6, 6.07) is 4.69. The third-order valence-corrected chi connectivity index (χ3v) is 5.29. The number of hydrogen-bond acceptors (Lipinski definition) is 8. The van der Waals surface area contributed by atoms with Crippen molar-refractivity contribution in [2.24, 2.45) is 0 Å². The van der Waals surface area contributed by atoms with Crippen LogP contribution in [0.3, 0.4) is 0 Å². The van der Waals surface area contributed by atoms with Crippen molar-refractivity contribution in [1.82, 2.24) is 20.6 Å². The number of aromatic nitrogens is 2. The topological polar surface area (TPSA) is 132 Å². The van der Waals surface area contributed by atoms with E-state index in [-0.39, 0.29) is 43.1 Å². The summed E-state index contributed by atoms with van der Waals surface area (Å²) < 4.78 is 16.5. The van der Waals surface area contributed by atoms with Gasteiger partial charge in [0, 0.05) is 24.5 Å². The predicted octanol–water partition coefficient (Wildman–Crippen LogP) is 0.664. The number of fused-ring (bicyclic) bond motifs is 1. The molecule has 0 unspecified atom stereocenters. The normalized spacial score (nSPS) is 22.0. The van der Waals surface area contributed by atoms with Crippen molar-refractivity contribution in [3.63, 3.8) is 0 Å². The van der Waals surface area contributed by atoms with Crippen LogP contribution in [0, 0.1) is 0 Å². The average Bonchev–Trinajstić information content (AvgIpc) is 3.28. The molecule has 2 amide bonds. The van der Waals surface area contributed by atoms with Crippen LogP contribution in [0.1, 0.15) is 40.1 Å². The first-order chi connectivity index (χ1) is 15.1. The van der Waals surface area contributed by atoms with Crippen LogP contribution in [0.15, 0.2) is 36.8 Å². The van der Waals surface area contributed by atoms with Crippen molar-refractivity contribution in [3.05, 3.63) is 48.0 Å². The number of carbonyl (C=O) groups excluding carboxylic acids is 2. The standard InChI is InChI=1S/C21H24N4O6/c26-11-19-15(25-20(27)13-1-4-17-18(9-13)30-12-29-17)3-2-14(31-19)5-6-24-21(28)16-10-22-7-8-23-16/h1,4,7-10,14-15,19,26H,2-3,5-6,11-12H2,(H,24,28)(H,25,27)/t14-,15+,19-/m0/s1. The molecule has 0 aliphatic carbocycles. The Morgan fingerprint density at radius 2 is 2.00 bits per heavy atom. The Hall–Kier alpha value is -3.24. The molecule has 0 spiro atoms. The van der Waals surface area contributed by atoms with E-state index in [4.69, 9.17) is 14.2 Å². The van der Waals surface area contributed by atoms with Gasteiger partial charge in [-0.05, 0) is 37.5 Å². The largest absolute Gasteiger partial charge is 0.454 e. The lowest BCUT2D eigenvalue weighted by Crippen LogP contribution is -2.51. The molecule has 0 saturated carbocycles. The summed E-state index contributed by atoms with van der Waals surface area (Å²) in [7, 11) is 0. The zero-order chi connectivity index (χ0) is 21.6. The molecule has 1 saturated heterocycles. The lowest BCUT2D eigenvalue weighted by molar-refractivity contribution is -0.0893. The van der Waals surface area contributed by atoms with Gasteiger partial charge < -0.3 is 30.0 Å². The lowest BCUT2D eigenvalue weighted by atomic mass is 9.96. The van der Waals surface area contributed by atoms with Gasteiger partial charge in [-0.15, -0.1) is 0 Å². The number of nitrogens with zero attached hydrogens (tertiary/aromatic N) is 2. The van der Waals surface area contributed by atoms with Gasteiger partial charge in [-0.25, -0.2) is 4.98 Å². The molecule has 31 heavy (non-hydrogen) atoms. The SMILES string of the molecule is O=C(N[C@@H]1CC[C@@H](CCNC(=O)c2cnccn2)O[C@H]1CO)c1ccc2c(c1)OCO2. The Kier molecular flexibility index (Phi) is 6.58. The number of aliphatic hydroxyl groups excluding tert-OH is 1. The van der Waals surface area contributed by atoms with Gasteiger partial charge in [0.2, 0.25) is 6.79 Å². The molecule has 0 radical (unpaired) electrons. The predicted molar refractivity (Wildman–Crippen MR) is 108 cm³/mol. The minimum Gasteiger partial charge on any atom is -0.454 e. The van der Waals surface area contributed by atoms with Crippen LogP contribution in [0.4, 0.5) is 0 Å². The highest BCUT2D eigenvalue weighted by molar-refractivity contribution is 5.95. The van der Waals surface area contributed by atoms with Crippen LogP contribution >= 0.6 is 0 Å². The zero-order valence-electron chi connectivity index (χ0n) is 16.8. The Balaban J connectivity index is 1.25. The van der Waals surface area contributed by atoms with Crippen LogP contribution in [-0.2, 0) is 4.74 Å². The molecule has 0 bridgehead atoms. The van der Waals surface area contributed by atoms with Gasteiger partial charge in [-0.2, -0.15) is 0 Å². The first-order valence-electron chi connectivity index (χ1n) is 10.1. The molecule has 3 N–H and O–H groups in total. The molecular weight excluding hydrogens is 404 g/mol. The fourth-order valence-corrected chi connectivity index (χ4v) is 3.65. The van der Waals surface area contributed by atoms with E-state index in [2.05, 4.69) is 20.6 Å². The summed E-state index contributed by atoms with van der Waals surface area (Å²) in [5.74, 6) is 0.589. The number of rotatable bonds is 7. The maximum atomic E-state index is 12.6. The van der Waals surface area contributed by atoms with Gasteiger partial charge in [0.15, 0.2) is 11.5 Å². The number of ether oxygens (including phenoxy) is 3. The fourth-order valence-electron chi connectivity index (χ4n) is 3.65. The highest BCUT2D eigenvalue weighted by Gasteiger charge is 2.32. The van der Waals surface area contributed by atoms with Crippen LogP contribution in [0.5, 0.6) is 11.5 Å². The molecule has 10 nitrogen and oxygen atoms in total. The minimum atomic E-state index is -0.521. The number of benzene rings is 1. The first-order valence-corrected chi connectivity index (χ1v) is 10.1. The monoisotopic (exact) mass is 428 g/mol. The van der Waals surface area contributed by atoms with E-state index < -0.39 is 6.10 Å². The van der Waals surface area contributed by atoms with Crippen molar-refractivity contribution < 1.29 is 28.9 Å². The second-order valence-electron chi connectivity index (χ2n) is 7.34. The maximum Gasteiger partial charge on any atom is 0.271 e. The van der Waals surface area contributed by atoms with Crippen LogP contribution < -0.4 is 20.1 Å². The molecule has 1 aromatic carbocycles. The van der Waals surface area contributed by atoms with E-state index in [0.717, 1.165) is 0 Å². The highest BCUT2D eigenvalue weighted by Crippen LogP contribution is 2.32. The van der Waals surface area contributed by atoms with Crippen molar-refractivity contribution >= 4 is 11.8 Å². The van der Waals surface area contributed by atoms with E-state index in [0.29, 0.717) is 42.9 Å². The third kappa shape index (κ3) is 5.09. The van der Waals surface area contributed by atoms with Gasteiger partial charge >= 0.3 is 0 Å². The van der Waals surface area contributed by atoms with Crippen molar-refractivity contribution in [2.75, 3.05) is 19.9 Å². The molecule has 1 aromatic heterocycles. The molecule has 2 aliphatic heterocycles. The quantitative estimate of drug-likeness (QED) is 0.586. The Labute approximate surface area is 178 Å². The molecule has 1 fully saturated rings. The highest BCUT2D eigenvalue weighted by atomic mass is 16.7. The fraction of sp³-hybridized carbons (Fsp3) is 0.429. The molecular formula is C21H24N4O6. The number of amides is 2. The molecule has 2 aromatic rings. The first kappa shape index (κ1) is 21.0. The van der Waals surface area contributed by atoms with E-state index in [1.54, 1.807) is 18.2 Å². The van der Waals surface area contributed by atoms with E-state index in [1.165, 1.54) is 18.6 Å². The summed E-state index contributed by atoms with van der Waals surface area (Å²) in [6.07, 6.45) is 5.67. The maximum absolute atomic E-state index is 12.6. The summed E-state index contributed by atoms with van der Waals surface area (Å²) in [4.78, 5) is 32.5. The zero-order valence-corrected chi connectivity index (χ0v) is 16.8. The Morgan fingerprint density at radius 1 is 1.13 bits per heavy atom. The van der Waals surface area contributed by atoms with Gasteiger partial charge in [-0.1, -0.05) is 0 Å². The minimum absolute atomic E-state index is 0.127. The second-order valence-corrected chi connectivity index (χ2v) is 7.34. The van der Waals surface area contributed by atoms with Crippen LogP contribution in [0.25, 0.3) is 0 Å². The number of carbonyl (C=O) groups is 2. The summed E-state index contributed by atoms with van der Waals surface area (Å²) in [5, 5.41) is 15.5. The molecule has 10 heteroatoms. The van der Waals surface area contributed by atoms with Gasteiger partial charge in [0.05, 0.1) is 24.9 Å². The van der Waals surface area contributed by atoms with Crippen molar-refractivity contribution in [2.45, 2.75) is 37.5 Å². The van der Waals surface area contributed by atoms with E-state index >= 15 is 0 Å². The van der Waals surface area contributed by atoms with E-state index in [1.807, 2.05) is 0 Å². The lowest BCUT2D eigenvalue weighted by Gasteiger charge is -2.36. The van der Waals surface area contributed by atoms with E-state index in [9.17, 15) is 14.7 Å². The van der Waals surface area contributed by atoms with Crippen molar-refractivity contribution in [1.29, 1.82) is 0 Å². The smallest absolute Gasteiger partial charge is 0.271 e. The average molecular weight is 428 g/mol. The molecule has 3 atom stereocenters. The summed E-state index contributed by atoms with van der Waals surface area (Å²) in [6.45, 7) is 0.338. The Morgan fingerprint density at radius 3 is 2.81 bits per heavy atom. The summed E-state index contributed by atoms with van der Waals surface area (Å²) >= 11 is 0. The third-order valence-electron chi connectivity index (χ3n) is 5.29. The number of aliphatic hydroxyl groups is 1. The molecule has 164 valence electrons. The van der Waals surface area contributed by atoms with Crippen molar-refractivity contribution in [3.8, 4) is 11.5 Å². The van der Waals surface area contributed by atoms with Gasteiger partial charge in [0.1, 0.15) is 11.8 Å². The summed E-state index contributed by atoms with van der Waals surface area (Å²) in [5.41, 5.74) is 0.710. The number of hydrogen-bond donors (Lipinski definition) is 3. The molecule has 2 aliphatic rings. The van der Waals surface area contributed by atoms with Crippen LogP contribution in [0.2, 0.25) is 0 Å². The molecule has 3 heterocycles. The van der Waals surface area contributed by atoms with Gasteiger partial charge in [0.25, 0.3) is 11.8 Å². The van der Waals surface area contributed by atoms with Gasteiger partial charge in [-0.3, -0.25) is 14.6 Å². The number of nitrogens with one attached hydrogen (secondary N) is 2. The Bertz CT molecular complexity index is 925. The second kappa shape index (κ2) is 9.71. The van der Waals surface area contributed by atoms with Crippen LogP contribution in [-0.4, -0.2) is 65.1 Å².